The topological polar surface area (TPSA) is 216 Å². The van der Waals surface area contributed by atoms with Crippen LogP contribution in [0.2, 0.25) is 0 Å². The fourth-order valence-electron chi connectivity index (χ4n) is 10.3. The Morgan fingerprint density at radius 2 is 1.56 bits per heavy atom. The first-order valence-corrected chi connectivity index (χ1v) is 28.4. The number of unbranched alkanes of at least 4 members (excludes halogenated alkanes) is 7. The van der Waals surface area contributed by atoms with Gasteiger partial charge in [-0.2, -0.15) is 4.98 Å². The minimum absolute atomic E-state index is 0.0403. The maximum absolute atomic E-state index is 14.1. The summed E-state index contributed by atoms with van der Waals surface area (Å²) in [5.74, 6) is -0.0644. The summed E-state index contributed by atoms with van der Waals surface area (Å²) in [4.78, 5) is 80.0. The molecule has 2 aliphatic rings. The number of allylic oxidation sites excluding steroid dienone is 1. The van der Waals surface area contributed by atoms with Crippen molar-refractivity contribution in [3.05, 3.63) is 118 Å². The summed E-state index contributed by atoms with van der Waals surface area (Å²) in [6, 6.07) is 19.9. The third-order valence-electron chi connectivity index (χ3n) is 14.8. The van der Waals surface area contributed by atoms with Gasteiger partial charge in [0.15, 0.2) is 11.5 Å². The van der Waals surface area contributed by atoms with Gasteiger partial charge in [0.05, 0.1) is 34.4 Å². The van der Waals surface area contributed by atoms with Crippen LogP contribution in [0.3, 0.4) is 0 Å². The monoisotopic (exact) mass is 1080 g/mol. The summed E-state index contributed by atoms with van der Waals surface area (Å²) in [6.45, 7) is 20.4. The van der Waals surface area contributed by atoms with Gasteiger partial charge in [0.25, 0.3) is 5.56 Å². The maximum Gasteiger partial charge on any atom is 0.278 e. The van der Waals surface area contributed by atoms with Crippen LogP contribution in [0.4, 0.5) is 17.3 Å². The van der Waals surface area contributed by atoms with Crippen LogP contribution in [-0.4, -0.2) is 124 Å². The molecule has 3 amide bonds. The molecule has 2 unspecified atom stereocenters. The van der Waals surface area contributed by atoms with Crippen molar-refractivity contribution in [1.29, 1.82) is 0 Å². The number of hydrogen-bond donors (Lipinski definition) is 5. The van der Waals surface area contributed by atoms with Crippen LogP contribution in [0.15, 0.2) is 95.9 Å². The maximum atomic E-state index is 14.1. The number of anilines is 3. The van der Waals surface area contributed by atoms with Crippen LogP contribution >= 0.6 is 11.3 Å². The minimum Gasteiger partial charge on any atom is -0.391 e. The van der Waals surface area contributed by atoms with Crippen molar-refractivity contribution in [3.8, 4) is 16.3 Å². The highest BCUT2D eigenvalue weighted by molar-refractivity contribution is 7.13. The number of thiazole rings is 1. The number of amides is 3. The number of aliphatic hydroxyl groups is 2. The van der Waals surface area contributed by atoms with Crippen LogP contribution in [0.5, 0.6) is 0 Å². The number of benzene rings is 2. The average Bonchev–Trinajstić information content (AvgIpc) is 4.12. The standard InChI is InChI=1S/C59H78N12O6S/c1-8-29-70-55(75)46-37-61-57(66-53(46)71(70)49-19-17-18-48(64-49)59(6,7)77)63-43-25-27-44(28-26-43)68-33-31-67(32-34-68)30-16-14-12-10-9-11-13-15-20-50(73)65-52(58(3,4)5)56(76)69-38-45(72)35-47(69)54(74)60-36-41-21-23-42(24-22-41)51-40(2)62-39-78-51/h8,17-19,21-28,37,39,45,47,52,72,77H,1,9-16,20,29-36,38H2,2-7H3,(H,60,74)(H,65,73)(H,61,63,66)/t45?,47?,52-/m1/s1. The van der Waals surface area contributed by atoms with E-state index in [4.69, 9.17) is 4.98 Å². The Morgan fingerprint density at radius 1 is 0.872 bits per heavy atom. The van der Waals surface area contributed by atoms with Gasteiger partial charge in [-0.25, -0.2) is 24.3 Å². The van der Waals surface area contributed by atoms with Crippen molar-refractivity contribution in [1.82, 2.24) is 49.7 Å². The molecule has 0 spiro atoms. The molecule has 0 saturated carbocycles. The summed E-state index contributed by atoms with van der Waals surface area (Å²) in [6.07, 6.45) is 11.4. The van der Waals surface area contributed by atoms with Crippen LogP contribution < -0.4 is 26.4 Å². The molecule has 2 aromatic carbocycles. The number of aryl methyl sites for hydroxylation is 1. The minimum atomic E-state index is -1.18. The quantitative estimate of drug-likeness (QED) is 0.0287. The molecule has 6 heterocycles. The number of carbonyl (C=O) groups excluding carboxylic acids is 3. The highest BCUT2D eigenvalue weighted by atomic mass is 32.1. The Morgan fingerprint density at radius 3 is 2.22 bits per heavy atom. The van der Waals surface area contributed by atoms with E-state index in [9.17, 15) is 29.4 Å². The van der Waals surface area contributed by atoms with Crippen LogP contribution in [-0.2, 0) is 33.1 Å². The van der Waals surface area contributed by atoms with E-state index in [0.29, 0.717) is 34.9 Å². The largest absolute Gasteiger partial charge is 0.391 e. The van der Waals surface area contributed by atoms with Crippen LogP contribution in [0.25, 0.3) is 27.3 Å². The van der Waals surface area contributed by atoms with E-state index in [1.807, 2.05) is 69.6 Å². The normalized spacial score (nSPS) is 16.6. The average molecular weight is 1080 g/mol. The molecule has 5 N–H and O–H groups in total. The van der Waals surface area contributed by atoms with Crippen LogP contribution in [0, 0.1) is 12.3 Å². The number of carbonyl (C=O) groups is 3. The van der Waals surface area contributed by atoms with Crippen molar-refractivity contribution >= 4 is 57.4 Å². The number of likely N-dealkylation sites (tertiary alicyclic amines) is 1. The second kappa shape index (κ2) is 25.8. The third-order valence-corrected chi connectivity index (χ3v) is 15.7. The second-order valence-electron chi connectivity index (χ2n) is 22.4. The number of β-amino-alcohol motifs (C(OH)–C–C–N with tert-alkyl or cyclic N) is 1. The van der Waals surface area contributed by atoms with Crippen molar-refractivity contribution in [2.45, 2.75) is 143 Å². The Hall–Kier alpha value is -6.80. The zero-order valence-electron chi connectivity index (χ0n) is 46.2. The number of nitrogens with one attached hydrogen (secondary N) is 3. The van der Waals surface area contributed by atoms with Crippen molar-refractivity contribution in [2.75, 3.05) is 49.5 Å². The molecule has 3 atom stereocenters. The molecule has 0 aliphatic carbocycles. The third kappa shape index (κ3) is 14.5. The molecule has 6 aromatic rings. The summed E-state index contributed by atoms with van der Waals surface area (Å²) >= 11 is 1.59. The molecule has 78 heavy (non-hydrogen) atoms. The SMILES string of the molecule is C=CCn1c(=O)c2cnc(Nc3ccc(N4CCN(CCCCCCCCCCC(=O)N[C@H](C(=O)N5CC(O)CC5C(=O)NCc5ccc(-c6scnc6C)cc5)C(C)(C)C)CC4)cc3)nc2n1-c1cccc(C(C)(C)O)n1. The molecule has 19 heteroatoms. The second-order valence-corrected chi connectivity index (χ2v) is 23.2. The predicted molar refractivity (Wildman–Crippen MR) is 308 cm³/mol. The number of aromatic nitrogens is 6. The molecule has 8 rings (SSSR count). The van der Waals surface area contributed by atoms with Crippen molar-refractivity contribution in [3.63, 3.8) is 0 Å². The highest BCUT2D eigenvalue weighted by Gasteiger charge is 2.44. The smallest absolute Gasteiger partial charge is 0.278 e. The molecule has 416 valence electrons. The van der Waals surface area contributed by atoms with E-state index < -0.39 is 29.2 Å². The molecular weight excluding hydrogens is 1000 g/mol. The Labute approximate surface area is 462 Å². The first-order chi connectivity index (χ1) is 37.4. The van der Waals surface area contributed by atoms with Gasteiger partial charge in [-0.1, -0.05) is 95.7 Å². The van der Waals surface area contributed by atoms with E-state index >= 15 is 0 Å². The van der Waals surface area contributed by atoms with Gasteiger partial charge < -0.3 is 36.0 Å². The lowest BCUT2D eigenvalue weighted by atomic mass is 9.85. The molecular formula is C59H78N12O6S. The van der Waals surface area contributed by atoms with E-state index in [1.54, 1.807) is 54.1 Å². The lowest BCUT2D eigenvalue weighted by Gasteiger charge is -2.36. The Kier molecular flexibility index (Phi) is 19.0. The molecule has 0 radical (unpaired) electrons. The van der Waals surface area contributed by atoms with Gasteiger partial charge in [-0.3, -0.25) is 24.1 Å². The van der Waals surface area contributed by atoms with E-state index in [0.717, 1.165) is 91.5 Å². The van der Waals surface area contributed by atoms with Gasteiger partial charge >= 0.3 is 0 Å². The number of hydrogen-bond acceptors (Lipinski definition) is 14. The van der Waals surface area contributed by atoms with Crippen molar-refractivity contribution < 1.29 is 24.6 Å². The summed E-state index contributed by atoms with van der Waals surface area (Å²) in [7, 11) is 0. The Balaban J connectivity index is 0.700. The number of aliphatic hydroxyl groups excluding tert-OH is 1. The number of piperazine rings is 1. The Bertz CT molecular complexity index is 3060. The zero-order chi connectivity index (χ0) is 55.6. The fourth-order valence-corrected chi connectivity index (χ4v) is 11.1. The zero-order valence-corrected chi connectivity index (χ0v) is 47.0. The van der Waals surface area contributed by atoms with E-state index in [-0.39, 0.29) is 49.3 Å². The lowest BCUT2D eigenvalue weighted by Crippen LogP contribution is -2.57. The predicted octanol–water partition coefficient (Wildman–Crippen LogP) is 8.01. The summed E-state index contributed by atoms with van der Waals surface area (Å²) in [5.41, 5.74) is 5.57. The lowest BCUT2D eigenvalue weighted by molar-refractivity contribution is -0.144. The van der Waals surface area contributed by atoms with Gasteiger partial charge in [0, 0.05) is 69.7 Å². The number of nitrogens with zero attached hydrogens (tertiary/aromatic N) is 9. The molecule has 2 aliphatic heterocycles. The first kappa shape index (κ1) is 57.4. The van der Waals surface area contributed by atoms with Crippen LogP contribution in [0.1, 0.15) is 116 Å². The van der Waals surface area contributed by atoms with Gasteiger partial charge in [0.2, 0.25) is 23.7 Å². The number of rotatable bonds is 24. The molecule has 2 fully saturated rings. The van der Waals surface area contributed by atoms with Gasteiger partial charge in [0.1, 0.15) is 23.1 Å². The molecule has 2 saturated heterocycles. The molecule has 0 bridgehead atoms. The number of fused-ring (bicyclic) bond motifs is 1. The summed E-state index contributed by atoms with van der Waals surface area (Å²) in [5, 5.41) is 30.9. The van der Waals surface area contributed by atoms with E-state index in [1.165, 1.54) is 41.5 Å². The highest BCUT2D eigenvalue weighted by Crippen LogP contribution is 2.30. The van der Waals surface area contributed by atoms with E-state index in [2.05, 4.69) is 59.4 Å². The summed E-state index contributed by atoms with van der Waals surface area (Å²) < 4.78 is 3.16. The molecule has 4 aromatic heterocycles. The molecule has 18 nitrogen and oxygen atoms in total. The first-order valence-electron chi connectivity index (χ1n) is 27.6. The fraction of sp³-hybridized carbons (Fsp3) is 0.492. The van der Waals surface area contributed by atoms with Gasteiger partial charge in [-0.05, 0) is 93.1 Å². The number of pyridine rings is 1. The van der Waals surface area contributed by atoms with Gasteiger partial charge in [-0.15, -0.1) is 17.9 Å². The van der Waals surface area contributed by atoms with Crippen molar-refractivity contribution in [2.24, 2.45) is 5.41 Å².